The van der Waals surface area contributed by atoms with E-state index in [2.05, 4.69) is 5.23 Å². The second kappa shape index (κ2) is 4.18. The first-order valence-corrected chi connectivity index (χ1v) is 6.49. The van der Waals surface area contributed by atoms with Gasteiger partial charge in [-0.25, -0.2) is 0 Å². The molecule has 0 fully saturated rings. The Labute approximate surface area is 106 Å². The summed E-state index contributed by atoms with van der Waals surface area (Å²) < 4.78 is 31.5. The summed E-state index contributed by atoms with van der Waals surface area (Å²) in [4.78, 5) is -0.318. The fourth-order valence-corrected chi connectivity index (χ4v) is 2.58. The minimum Gasteiger partial charge on any atom is -0.507 e. The Morgan fingerprint density at radius 1 is 1.28 bits per heavy atom. The molecule has 2 aromatic carbocycles. The highest BCUT2D eigenvalue weighted by atomic mass is 32.2. The van der Waals surface area contributed by atoms with Crippen LogP contribution in [0, 0.1) is 6.92 Å². The summed E-state index contributed by atoms with van der Waals surface area (Å²) in [6, 6.07) is 6.12. The number of aromatic hydroxyl groups is 1. The normalized spacial score (nSPS) is 11.7. The smallest absolute Gasteiger partial charge is 0.294 e. The molecule has 3 N–H and O–H groups in total. The molecule has 92 valence electrons. The summed E-state index contributed by atoms with van der Waals surface area (Å²) in [5, 5.41) is 13.3. The molecule has 0 atom stereocenters. The highest BCUT2D eigenvalue weighted by Gasteiger charge is 2.18. The summed E-state index contributed by atoms with van der Waals surface area (Å²) in [6.07, 6.45) is 0. The van der Waals surface area contributed by atoms with Crippen LogP contribution in [0.1, 0.15) is 5.56 Å². The first-order valence-electron chi connectivity index (χ1n) is 5.05. The number of phenolic OH excluding ortho intramolecular Hbond substituents is 1. The van der Waals surface area contributed by atoms with E-state index in [9.17, 15) is 13.5 Å². The molecule has 2 aromatic rings. The van der Waals surface area contributed by atoms with E-state index in [-0.39, 0.29) is 16.2 Å². The van der Waals surface area contributed by atoms with Crippen molar-refractivity contribution in [1.82, 2.24) is 0 Å². The highest BCUT2D eigenvalue weighted by Crippen LogP contribution is 2.34. The van der Waals surface area contributed by atoms with Gasteiger partial charge in [0, 0.05) is 16.6 Å². The third-order valence-corrected chi connectivity index (χ3v) is 3.74. The highest BCUT2D eigenvalue weighted by molar-refractivity contribution is 7.85. The van der Waals surface area contributed by atoms with Gasteiger partial charge in [-0.15, -0.1) is 0 Å². The van der Waals surface area contributed by atoms with E-state index >= 15 is 0 Å². The lowest BCUT2D eigenvalue weighted by molar-refractivity contribution is 0.466. The van der Waals surface area contributed by atoms with Crippen LogP contribution in [-0.4, -0.2) is 26.1 Å². The van der Waals surface area contributed by atoms with E-state index in [0.717, 1.165) is 0 Å². The number of phenols is 1. The number of nitrogens with one attached hydrogen (secondary N) is 1. The van der Waals surface area contributed by atoms with E-state index in [0.29, 0.717) is 16.5 Å². The molecule has 0 unspecified atom stereocenters. The SMILES string of the molecule is [B]Nc1ccc2c(O)c(C)c(S(=O)(=O)O)cc2c1. The molecule has 5 nitrogen and oxygen atoms in total. The largest absolute Gasteiger partial charge is 0.507 e. The summed E-state index contributed by atoms with van der Waals surface area (Å²) in [7, 11) is 0.874. The molecule has 0 bridgehead atoms. The van der Waals surface area contributed by atoms with Crippen LogP contribution in [0.2, 0.25) is 0 Å². The lowest BCUT2D eigenvalue weighted by Gasteiger charge is -2.10. The van der Waals surface area contributed by atoms with Crippen LogP contribution in [0.15, 0.2) is 29.2 Å². The van der Waals surface area contributed by atoms with Gasteiger partial charge in [0.05, 0.1) is 0 Å². The second-order valence-electron chi connectivity index (χ2n) is 3.90. The molecule has 0 aliphatic rings. The van der Waals surface area contributed by atoms with Gasteiger partial charge in [0.25, 0.3) is 10.1 Å². The van der Waals surface area contributed by atoms with E-state index in [1.165, 1.54) is 13.0 Å². The number of rotatable bonds is 2. The number of fused-ring (bicyclic) bond motifs is 1. The summed E-state index contributed by atoms with van der Waals surface area (Å²) in [5.41, 5.74) is 0.672. The van der Waals surface area contributed by atoms with Gasteiger partial charge in [0.15, 0.2) is 0 Å². The fraction of sp³-hybridized carbons (Fsp3) is 0.0909. The van der Waals surface area contributed by atoms with Gasteiger partial charge >= 0.3 is 0 Å². The lowest BCUT2D eigenvalue weighted by Crippen LogP contribution is -2.01. The average Bonchev–Trinajstić information content (AvgIpc) is 2.31. The maximum atomic E-state index is 11.2. The van der Waals surface area contributed by atoms with Crippen molar-refractivity contribution in [2.24, 2.45) is 0 Å². The molecule has 0 aliphatic heterocycles. The molecule has 0 aromatic heterocycles. The number of hydrogen-bond acceptors (Lipinski definition) is 4. The zero-order chi connectivity index (χ0) is 13.5. The van der Waals surface area contributed by atoms with Crippen molar-refractivity contribution >= 4 is 34.6 Å². The van der Waals surface area contributed by atoms with Crippen LogP contribution >= 0.6 is 0 Å². The van der Waals surface area contributed by atoms with Crippen LogP contribution in [0.4, 0.5) is 5.69 Å². The molecule has 7 heteroatoms. The first kappa shape index (κ1) is 12.7. The van der Waals surface area contributed by atoms with Crippen LogP contribution in [0.25, 0.3) is 10.8 Å². The Hall–Kier alpha value is -1.73. The van der Waals surface area contributed by atoms with Crippen molar-refractivity contribution in [3.8, 4) is 5.75 Å². The Kier molecular flexibility index (Phi) is 2.96. The van der Waals surface area contributed by atoms with Gasteiger partial charge in [-0.3, -0.25) is 4.55 Å². The van der Waals surface area contributed by atoms with Gasteiger partial charge < -0.3 is 10.3 Å². The van der Waals surface area contributed by atoms with Crippen molar-refractivity contribution in [2.75, 3.05) is 5.23 Å². The van der Waals surface area contributed by atoms with Crippen molar-refractivity contribution in [1.29, 1.82) is 0 Å². The maximum absolute atomic E-state index is 11.2. The predicted molar refractivity (Wildman–Crippen MR) is 69.5 cm³/mol. The van der Waals surface area contributed by atoms with Crippen molar-refractivity contribution in [3.63, 3.8) is 0 Å². The molecule has 0 spiro atoms. The minimum atomic E-state index is -4.38. The van der Waals surface area contributed by atoms with Crippen LogP contribution in [0.3, 0.4) is 0 Å². The van der Waals surface area contributed by atoms with Gasteiger partial charge in [0.2, 0.25) is 7.98 Å². The molecule has 0 aliphatic carbocycles. The average molecular weight is 263 g/mol. The molecule has 0 heterocycles. The Bertz CT molecular complexity index is 727. The van der Waals surface area contributed by atoms with E-state index < -0.39 is 10.1 Å². The predicted octanol–water partition coefficient (Wildman–Crippen LogP) is 1.60. The van der Waals surface area contributed by atoms with E-state index in [1.54, 1.807) is 18.2 Å². The van der Waals surface area contributed by atoms with Crippen molar-refractivity contribution in [2.45, 2.75) is 11.8 Å². The quantitative estimate of drug-likeness (QED) is 0.565. The standard InChI is InChI=1S/C11H10BNO4S/c1-6-10(18(15,16)17)5-7-4-8(13-12)2-3-9(7)11(6)14/h2-5,13-14H,1H3,(H,15,16,17). The van der Waals surface area contributed by atoms with Gasteiger partial charge in [0.1, 0.15) is 10.6 Å². The van der Waals surface area contributed by atoms with Crippen molar-refractivity contribution < 1.29 is 18.1 Å². The molecule has 2 rings (SSSR count). The van der Waals surface area contributed by atoms with Crippen LogP contribution < -0.4 is 5.23 Å². The Morgan fingerprint density at radius 2 is 1.94 bits per heavy atom. The molecular formula is C11H10BNO4S. The summed E-state index contributed by atoms with van der Waals surface area (Å²) in [5.74, 6) is -0.177. The maximum Gasteiger partial charge on any atom is 0.294 e. The summed E-state index contributed by atoms with van der Waals surface area (Å²) >= 11 is 0. The van der Waals surface area contributed by atoms with Gasteiger partial charge in [-0.05, 0) is 36.6 Å². The third kappa shape index (κ3) is 2.02. The molecule has 0 saturated heterocycles. The zero-order valence-electron chi connectivity index (χ0n) is 9.51. The van der Waals surface area contributed by atoms with Gasteiger partial charge in [-0.2, -0.15) is 8.42 Å². The molecule has 18 heavy (non-hydrogen) atoms. The third-order valence-electron chi connectivity index (χ3n) is 2.76. The topological polar surface area (TPSA) is 86.6 Å². The molecule has 0 saturated carbocycles. The van der Waals surface area contributed by atoms with Gasteiger partial charge in [-0.1, -0.05) is 0 Å². The van der Waals surface area contributed by atoms with E-state index in [1.807, 2.05) is 0 Å². The van der Waals surface area contributed by atoms with Crippen LogP contribution in [-0.2, 0) is 10.1 Å². The second-order valence-corrected chi connectivity index (χ2v) is 5.29. The Morgan fingerprint density at radius 3 is 2.50 bits per heavy atom. The minimum absolute atomic E-state index is 0.110. The van der Waals surface area contributed by atoms with Crippen LogP contribution in [0.5, 0.6) is 5.75 Å². The zero-order valence-corrected chi connectivity index (χ0v) is 10.3. The van der Waals surface area contributed by atoms with Crippen molar-refractivity contribution in [3.05, 3.63) is 29.8 Å². The number of anilines is 1. The number of benzene rings is 2. The fourth-order valence-electron chi connectivity index (χ4n) is 1.82. The summed E-state index contributed by atoms with van der Waals surface area (Å²) in [6.45, 7) is 1.42. The Balaban J connectivity index is 2.88. The molecule has 2 radical (unpaired) electrons. The lowest BCUT2D eigenvalue weighted by atomic mass is 10.0. The first-order chi connectivity index (χ1) is 8.34. The van der Waals surface area contributed by atoms with E-state index in [4.69, 9.17) is 12.5 Å². The number of hydrogen-bond donors (Lipinski definition) is 3. The monoisotopic (exact) mass is 263 g/mol. The molecule has 0 amide bonds. The molecular weight excluding hydrogens is 253 g/mol.